The summed E-state index contributed by atoms with van der Waals surface area (Å²) >= 11 is 4.37. The molecule has 3 aromatic carbocycles. The topological polar surface area (TPSA) is 521 Å². The Morgan fingerprint density at radius 3 is 1.40 bits per heavy atom. The summed E-state index contributed by atoms with van der Waals surface area (Å²) in [5.74, 6) is -9.08. The van der Waals surface area contributed by atoms with E-state index in [4.69, 9.17) is 40.1 Å². The minimum Gasteiger partial charge on any atom is -0.480 e. The van der Waals surface area contributed by atoms with E-state index in [1.807, 2.05) is 0 Å². The van der Waals surface area contributed by atoms with Crippen molar-refractivity contribution in [2.45, 2.75) is 138 Å². The Kier molecular flexibility index (Phi) is 29.9. The average Bonchev–Trinajstić information content (AvgIpc) is 1.75. The molecule has 2 heterocycles. The molecule has 2 saturated heterocycles. The van der Waals surface area contributed by atoms with Crippen molar-refractivity contribution in [2.24, 2.45) is 55.1 Å². The molecule has 9 amide bonds. The molecule has 92 heavy (non-hydrogen) atoms. The van der Waals surface area contributed by atoms with Crippen LogP contribution < -0.4 is 77.4 Å². The minimum absolute atomic E-state index is 0.0515. The van der Waals surface area contributed by atoms with Crippen LogP contribution in [0.3, 0.4) is 0 Å². The summed E-state index contributed by atoms with van der Waals surface area (Å²) in [6.07, 6.45) is -0.0746. The van der Waals surface area contributed by atoms with Gasteiger partial charge in [0.05, 0.1) is 18.7 Å². The molecule has 23 N–H and O–H groups in total. The normalized spacial score (nSPS) is 17.3. The summed E-state index contributed by atoms with van der Waals surface area (Å²) in [5, 5.41) is 39.2. The van der Waals surface area contributed by atoms with Crippen LogP contribution in [-0.4, -0.2) is 203 Å². The summed E-state index contributed by atoms with van der Waals surface area (Å²) in [4.78, 5) is 153. The number of aliphatic carboxylic acids is 1. The van der Waals surface area contributed by atoms with Crippen molar-refractivity contribution in [2.75, 3.05) is 45.0 Å². The molecule has 32 heteroatoms. The number of nitrogens with one attached hydrogen (secondary N) is 7. The number of hydrogen-bond donors (Lipinski definition) is 17. The Balaban J connectivity index is 1.28. The van der Waals surface area contributed by atoms with E-state index in [-0.39, 0.29) is 121 Å². The highest BCUT2D eigenvalue weighted by Gasteiger charge is 2.46. The van der Waals surface area contributed by atoms with Gasteiger partial charge in [-0.1, -0.05) is 91.0 Å². The standard InChI is InChI=1S/C60H87N19O12S/c61-39(20-10-24-68-58(62)63)49(82)73-40(21-11-25-69-59(64)65)55(88)78-27-13-23-46(78)56(89)79-33-38(80)31-47(79)54(87)71-32-48(81)72-42(28-35-14-4-1-5-15-35)50(83)77-45(34-92)53(86)76-44(30-37-18-8-3-9-19-37)52(85)75-43(29-36-16-6-2-7-17-36)51(84)74-41(57(90)91)22-12-26-70-60(66)67/h1-9,14-19,38-47,80,92H,10-13,20-34,61H2,(H,71,87)(H,72,81)(H,73,82)(H,74,84)(H,75,85)(H,76,86)(H,77,83)(H,90,91)(H4,62,63,68)(H4,64,65,69)(H4,66,67,70)/t38-,39-,40+,41+,42+,43+,44-,45+,46+,47+/m1/s1. The van der Waals surface area contributed by atoms with Gasteiger partial charge in [-0.05, 0) is 68.1 Å². The molecule has 0 bridgehead atoms. The summed E-state index contributed by atoms with van der Waals surface area (Å²) in [6.45, 7) is -0.429. The molecule has 2 aliphatic heterocycles. The second kappa shape index (κ2) is 37.6. The van der Waals surface area contributed by atoms with E-state index in [1.165, 1.54) is 4.90 Å². The summed E-state index contributed by atoms with van der Waals surface area (Å²) in [5.41, 5.74) is 40.6. The zero-order chi connectivity index (χ0) is 67.3. The molecule has 3 aromatic rings. The van der Waals surface area contributed by atoms with Gasteiger partial charge in [-0.15, -0.1) is 0 Å². The molecule has 2 fully saturated rings. The predicted octanol–water partition coefficient (Wildman–Crippen LogP) is -4.81. The van der Waals surface area contributed by atoms with Gasteiger partial charge in [-0.3, -0.25) is 58.1 Å². The van der Waals surface area contributed by atoms with Crippen LogP contribution in [0.5, 0.6) is 0 Å². The van der Waals surface area contributed by atoms with E-state index < -0.39 is 126 Å². The molecule has 0 aliphatic carbocycles. The molecular weight excluding hydrogens is 1210 g/mol. The highest BCUT2D eigenvalue weighted by Crippen LogP contribution is 2.27. The van der Waals surface area contributed by atoms with Crippen molar-refractivity contribution >= 4 is 89.6 Å². The number of carbonyl (C=O) groups excluding carboxylic acids is 9. The second-order valence-electron chi connectivity index (χ2n) is 22.3. The summed E-state index contributed by atoms with van der Waals surface area (Å²) < 4.78 is 0. The number of carbonyl (C=O) groups is 10. The number of thiol groups is 1. The predicted molar refractivity (Wildman–Crippen MR) is 345 cm³/mol. The molecule has 31 nitrogen and oxygen atoms in total. The SMILES string of the molecule is NC(N)=NCCC[C@@H](N)C(=O)N[C@@H](CCCN=C(N)N)C(=O)N1CCC[C@H]1C(=O)N1C[C@H](O)C[C@H]1C(=O)NCC(=O)N[C@@H](Cc1ccccc1)C(=O)N[C@@H](CS)C(=O)N[C@H](Cc1ccccc1)C(=O)N[C@@H](Cc1ccccc1)C(=O)N[C@@H](CCCN=C(N)N)C(=O)O. The van der Waals surface area contributed by atoms with Crippen molar-refractivity contribution < 1.29 is 58.2 Å². The van der Waals surface area contributed by atoms with E-state index >= 15 is 0 Å². The number of likely N-dealkylation sites (tertiary alicyclic amines) is 2. The fraction of sp³-hybridized carbons (Fsp3) is 0.483. The second-order valence-corrected chi connectivity index (χ2v) is 22.6. The van der Waals surface area contributed by atoms with Crippen LogP contribution in [0.15, 0.2) is 106 Å². The number of nitrogens with two attached hydrogens (primary N) is 7. The van der Waals surface area contributed by atoms with Crippen LogP contribution in [0.25, 0.3) is 0 Å². The van der Waals surface area contributed by atoms with E-state index in [0.29, 0.717) is 29.5 Å². The van der Waals surface area contributed by atoms with Crippen LogP contribution in [0.1, 0.15) is 74.5 Å². The van der Waals surface area contributed by atoms with Crippen molar-refractivity contribution in [1.29, 1.82) is 0 Å². The molecule has 0 radical (unpaired) electrons. The van der Waals surface area contributed by atoms with E-state index in [1.54, 1.807) is 91.0 Å². The molecule has 2 aliphatic rings. The number of aliphatic hydroxyl groups is 1. The third-order valence-corrected chi connectivity index (χ3v) is 15.5. The number of nitrogens with zero attached hydrogens (tertiary/aromatic N) is 5. The number of guanidine groups is 3. The van der Waals surface area contributed by atoms with Gasteiger partial charge in [0.15, 0.2) is 17.9 Å². The van der Waals surface area contributed by atoms with Gasteiger partial charge in [0, 0.05) is 64.2 Å². The van der Waals surface area contributed by atoms with Crippen molar-refractivity contribution in [3.63, 3.8) is 0 Å². The maximum absolute atomic E-state index is 14.4. The maximum Gasteiger partial charge on any atom is 0.326 e. The van der Waals surface area contributed by atoms with E-state index in [0.717, 1.165) is 4.90 Å². The number of carboxylic acid groups (broad SMARTS) is 1. The Morgan fingerprint density at radius 1 is 0.533 bits per heavy atom. The number of rotatable bonds is 36. The fourth-order valence-corrected chi connectivity index (χ4v) is 10.7. The van der Waals surface area contributed by atoms with Crippen molar-refractivity contribution in [1.82, 2.24) is 47.0 Å². The van der Waals surface area contributed by atoms with Crippen LogP contribution in [0.4, 0.5) is 0 Å². The zero-order valence-corrected chi connectivity index (χ0v) is 52.0. The lowest BCUT2D eigenvalue weighted by Gasteiger charge is -2.33. The van der Waals surface area contributed by atoms with Crippen molar-refractivity contribution in [3.8, 4) is 0 Å². The van der Waals surface area contributed by atoms with Gasteiger partial charge in [-0.25, -0.2) is 4.79 Å². The maximum atomic E-state index is 14.4. The zero-order valence-electron chi connectivity index (χ0n) is 51.1. The van der Waals surface area contributed by atoms with Gasteiger partial charge < -0.3 is 97.4 Å². The lowest BCUT2D eigenvalue weighted by Crippen LogP contribution is -2.60. The lowest BCUT2D eigenvalue weighted by atomic mass is 10.0. The molecule has 500 valence electrons. The largest absolute Gasteiger partial charge is 0.480 e. The highest BCUT2D eigenvalue weighted by molar-refractivity contribution is 7.80. The molecule has 5 rings (SSSR count). The first kappa shape index (κ1) is 73.2. The molecule has 0 saturated carbocycles. The van der Waals surface area contributed by atoms with Gasteiger partial charge >= 0.3 is 5.97 Å². The summed E-state index contributed by atoms with van der Waals surface area (Å²) in [6, 6.07) is 14.2. The van der Waals surface area contributed by atoms with E-state index in [9.17, 15) is 58.2 Å². The first-order valence-electron chi connectivity index (χ1n) is 30.2. The Hall–Kier alpha value is -9.56. The molecule has 0 spiro atoms. The number of β-amino-alcohol motifs (C(OH)–C–C–N with tert-alkyl or cyclic N) is 1. The molecular formula is C60H87N19O12S. The Morgan fingerprint density at radius 2 is 0.946 bits per heavy atom. The van der Waals surface area contributed by atoms with Gasteiger partial charge in [-0.2, -0.15) is 12.6 Å². The average molecular weight is 1300 g/mol. The van der Waals surface area contributed by atoms with E-state index in [2.05, 4.69) is 64.8 Å². The van der Waals surface area contributed by atoms with Crippen LogP contribution in [0, 0.1) is 0 Å². The number of hydrogen-bond acceptors (Lipinski definition) is 16. The smallest absolute Gasteiger partial charge is 0.326 e. The quantitative estimate of drug-likeness (QED) is 0.0112. The first-order chi connectivity index (χ1) is 43.9. The highest BCUT2D eigenvalue weighted by atomic mass is 32.1. The number of carboxylic acids is 1. The van der Waals surface area contributed by atoms with Gasteiger partial charge in [0.25, 0.3) is 0 Å². The van der Waals surface area contributed by atoms with Crippen LogP contribution in [0.2, 0.25) is 0 Å². The molecule has 10 atom stereocenters. The third-order valence-electron chi connectivity index (χ3n) is 15.1. The van der Waals surface area contributed by atoms with Gasteiger partial charge in [0.2, 0.25) is 53.2 Å². The number of aliphatic hydroxyl groups excluding tert-OH is 1. The van der Waals surface area contributed by atoms with Crippen LogP contribution in [-0.2, 0) is 67.2 Å². The van der Waals surface area contributed by atoms with Crippen LogP contribution >= 0.6 is 12.6 Å². The monoisotopic (exact) mass is 1300 g/mol. The van der Waals surface area contributed by atoms with Crippen molar-refractivity contribution in [3.05, 3.63) is 108 Å². The molecule has 0 aromatic heterocycles. The first-order valence-corrected chi connectivity index (χ1v) is 30.8. The number of aliphatic imine (C=N–C) groups is 3. The number of amides is 9. The Bertz CT molecular complexity index is 3060. The third kappa shape index (κ3) is 24.3. The summed E-state index contributed by atoms with van der Waals surface area (Å²) in [7, 11) is 0. The molecule has 0 unspecified atom stereocenters. The fourth-order valence-electron chi connectivity index (χ4n) is 10.4. The van der Waals surface area contributed by atoms with Gasteiger partial charge in [0.1, 0.15) is 48.3 Å². The lowest BCUT2D eigenvalue weighted by molar-refractivity contribution is -0.148. The minimum atomic E-state index is -1.44. The number of benzene rings is 3. The Labute approximate surface area is 538 Å².